The number of nitrogens with one attached hydrogen (secondary N) is 1. The van der Waals surface area contributed by atoms with Crippen molar-refractivity contribution in [3.05, 3.63) is 40.3 Å². The minimum absolute atomic E-state index is 0.167. The third kappa shape index (κ3) is 3.95. The monoisotopic (exact) mass is 340 g/mol. The number of benzene rings is 1. The molecule has 1 aromatic heterocycles. The molecule has 1 amide bonds. The fourth-order valence-electron chi connectivity index (χ4n) is 3.30. The van der Waals surface area contributed by atoms with Crippen molar-refractivity contribution in [1.82, 2.24) is 15.2 Å². The van der Waals surface area contributed by atoms with Crippen molar-refractivity contribution < 1.29 is 4.79 Å². The van der Waals surface area contributed by atoms with E-state index in [4.69, 9.17) is 0 Å². The number of aromatic nitrogens is 2. The van der Waals surface area contributed by atoms with E-state index < -0.39 is 0 Å². The summed E-state index contributed by atoms with van der Waals surface area (Å²) < 4.78 is 1.36. The number of hydrogen-bond acceptors (Lipinski definition) is 4. The predicted octanol–water partition coefficient (Wildman–Crippen LogP) is 3.10. The summed E-state index contributed by atoms with van der Waals surface area (Å²) in [5, 5.41) is 9.47. The van der Waals surface area contributed by atoms with E-state index in [1.165, 1.54) is 23.9 Å². The summed E-state index contributed by atoms with van der Waals surface area (Å²) in [7, 11) is 0. The van der Waals surface area contributed by atoms with Gasteiger partial charge in [0.05, 0.1) is 5.39 Å². The van der Waals surface area contributed by atoms with Gasteiger partial charge in [0.1, 0.15) is 0 Å². The van der Waals surface area contributed by atoms with E-state index in [9.17, 15) is 9.59 Å². The number of rotatable bonds is 5. The molecule has 6 nitrogen and oxygen atoms in total. The molecule has 0 saturated heterocycles. The molecular weight excluding hydrogens is 316 g/mol. The molecule has 2 aromatic rings. The maximum Gasteiger partial charge on any atom is 0.292 e. The second-order valence-electron chi connectivity index (χ2n) is 6.54. The van der Waals surface area contributed by atoms with Crippen molar-refractivity contribution in [3.8, 4) is 0 Å². The summed E-state index contributed by atoms with van der Waals surface area (Å²) in [4.78, 5) is 25.0. The normalized spacial score (nSPS) is 15.7. The van der Waals surface area contributed by atoms with Gasteiger partial charge in [-0.2, -0.15) is 10.2 Å². The highest BCUT2D eigenvalue weighted by Crippen LogP contribution is 2.21. The van der Waals surface area contributed by atoms with Crippen LogP contribution < -0.4 is 11.0 Å². The number of amides is 1. The van der Waals surface area contributed by atoms with E-state index >= 15 is 0 Å². The van der Waals surface area contributed by atoms with E-state index in [2.05, 4.69) is 15.6 Å². The minimum atomic E-state index is -0.381. The van der Waals surface area contributed by atoms with Crippen LogP contribution in [0.15, 0.2) is 34.2 Å². The lowest BCUT2D eigenvalue weighted by molar-refractivity contribution is 0.0949. The van der Waals surface area contributed by atoms with Crippen LogP contribution in [0.5, 0.6) is 0 Å². The van der Waals surface area contributed by atoms with Crippen LogP contribution in [-0.2, 0) is 6.54 Å². The van der Waals surface area contributed by atoms with Crippen molar-refractivity contribution in [3.63, 3.8) is 0 Å². The van der Waals surface area contributed by atoms with E-state index in [1.54, 1.807) is 24.3 Å². The molecule has 25 heavy (non-hydrogen) atoms. The smallest absolute Gasteiger partial charge is 0.267 e. The van der Waals surface area contributed by atoms with Gasteiger partial charge in [-0.3, -0.25) is 9.59 Å². The van der Waals surface area contributed by atoms with E-state index in [0.29, 0.717) is 23.2 Å². The molecule has 3 rings (SSSR count). The fraction of sp³-hybridized carbons (Fsp3) is 0.474. The lowest BCUT2D eigenvalue weighted by Gasteiger charge is -2.16. The molecule has 1 fully saturated rings. The van der Waals surface area contributed by atoms with Gasteiger partial charge in [-0.25, -0.2) is 10.1 Å². The fourth-order valence-corrected chi connectivity index (χ4v) is 3.30. The van der Waals surface area contributed by atoms with Crippen LogP contribution in [0.1, 0.15) is 55.9 Å². The molecule has 1 aliphatic carbocycles. The van der Waals surface area contributed by atoms with Gasteiger partial charge in [0.25, 0.3) is 11.5 Å². The average molecular weight is 340 g/mol. The predicted molar refractivity (Wildman–Crippen MR) is 98.8 cm³/mol. The van der Waals surface area contributed by atoms with E-state index in [1.807, 2.05) is 13.1 Å². The maximum atomic E-state index is 12.6. The van der Waals surface area contributed by atoms with Crippen LogP contribution in [0, 0.1) is 5.92 Å². The molecule has 0 atom stereocenters. The molecular formula is C19H24N4O2. The highest BCUT2D eigenvalue weighted by atomic mass is 16.2. The third-order valence-corrected chi connectivity index (χ3v) is 4.62. The highest BCUT2D eigenvalue weighted by molar-refractivity contribution is 6.04. The zero-order valence-electron chi connectivity index (χ0n) is 14.6. The lowest BCUT2D eigenvalue weighted by Crippen LogP contribution is -2.29. The first-order valence-electron chi connectivity index (χ1n) is 9.04. The average Bonchev–Trinajstić information content (AvgIpc) is 2.65. The summed E-state index contributed by atoms with van der Waals surface area (Å²) >= 11 is 0. The van der Waals surface area contributed by atoms with Gasteiger partial charge in [0, 0.05) is 18.1 Å². The topological polar surface area (TPSA) is 76.3 Å². The first kappa shape index (κ1) is 17.3. The van der Waals surface area contributed by atoms with Crippen molar-refractivity contribution in [2.45, 2.75) is 52.0 Å². The van der Waals surface area contributed by atoms with Crippen molar-refractivity contribution >= 4 is 22.9 Å². The Bertz CT molecular complexity index is 835. The zero-order valence-corrected chi connectivity index (χ0v) is 14.6. The zero-order chi connectivity index (χ0) is 17.6. The van der Waals surface area contributed by atoms with Gasteiger partial charge in [-0.1, -0.05) is 44.4 Å². The Labute approximate surface area is 146 Å². The largest absolute Gasteiger partial charge is 0.292 e. The molecule has 132 valence electrons. The minimum Gasteiger partial charge on any atom is -0.267 e. The first-order valence-corrected chi connectivity index (χ1v) is 9.04. The number of aryl methyl sites for hydroxylation is 1. The second kappa shape index (κ2) is 8.05. The quantitative estimate of drug-likeness (QED) is 0.671. The van der Waals surface area contributed by atoms with Crippen LogP contribution in [0.2, 0.25) is 0 Å². The molecule has 0 bridgehead atoms. The molecule has 0 unspecified atom stereocenters. The molecule has 1 N–H and O–H groups in total. The first-order chi connectivity index (χ1) is 12.2. The summed E-state index contributed by atoms with van der Waals surface area (Å²) in [5.41, 5.74) is 2.65. The van der Waals surface area contributed by atoms with Gasteiger partial charge < -0.3 is 0 Å². The van der Waals surface area contributed by atoms with Crippen molar-refractivity contribution in [1.29, 1.82) is 0 Å². The van der Waals surface area contributed by atoms with Crippen LogP contribution >= 0.6 is 0 Å². The Balaban J connectivity index is 1.86. The Kier molecular flexibility index (Phi) is 5.58. The molecule has 1 aromatic carbocycles. The Hall–Kier alpha value is -2.50. The molecule has 0 aliphatic heterocycles. The summed E-state index contributed by atoms with van der Waals surface area (Å²) in [5.74, 6) is 0.0564. The molecule has 1 aliphatic rings. The number of hydrazone groups is 1. The van der Waals surface area contributed by atoms with Gasteiger partial charge in [-0.15, -0.1) is 0 Å². The summed E-state index contributed by atoms with van der Waals surface area (Å²) in [6.07, 6.45) is 8.58. The molecule has 6 heteroatoms. The van der Waals surface area contributed by atoms with E-state index in [-0.39, 0.29) is 17.2 Å². The van der Waals surface area contributed by atoms with Crippen molar-refractivity contribution in [2.24, 2.45) is 11.0 Å². The van der Waals surface area contributed by atoms with Crippen LogP contribution in [0.3, 0.4) is 0 Å². The number of fused-ring (bicyclic) bond motifs is 1. The molecule has 0 radical (unpaired) electrons. The standard InChI is InChI=1S/C19H24N4O2/c1-2-12-23-19(25)16-11-7-6-10-15(16)17(22-23)18(24)21-20-13-14-8-4-3-5-9-14/h6-7,10-11,13-14H,2-5,8-9,12H2,1H3,(H,21,24)/b20-13+. The Morgan fingerprint density at radius 1 is 1.28 bits per heavy atom. The lowest BCUT2D eigenvalue weighted by atomic mass is 9.90. The number of nitrogens with zero attached hydrogens (tertiary/aromatic N) is 3. The van der Waals surface area contributed by atoms with Crippen LogP contribution in [0.4, 0.5) is 0 Å². The van der Waals surface area contributed by atoms with Crippen LogP contribution in [-0.4, -0.2) is 21.9 Å². The summed E-state index contributed by atoms with van der Waals surface area (Å²) in [6.45, 7) is 2.45. The number of carbonyl (C=O) groups is 1. The van der Waals surface area contributed by atoms with Crippen LogP contribution in [0.25, 0.3) is 10.8 Å². The second-order valence-corrected chi connectivity index (χ2v) is 6.54. The Morgan fingerprint density at radius 3 is 2.72 bits per heavy atom. The van der Waals surface area contributed by atoms with Gasteiger partial charge >= 0.3 is 0 Å². The molecule has 1 saturated carbocycles. The SMILES string of the molecule is CCCn1nc(C(=O)N/N=C/C2CCCCC2)c2ccccc2c1=O. The summed E-state index contributed by atoms with van der Waals surface area (Å²) in [6, 6.07) is 7.08. The molecule has 1 heterocycles. The van der Waals surface area contributed by atoms with Gasteiger partial charge in [-0.05, 0) is 31.2 Å². The number of carbonyl (C=O) groups excluding carboxylic acids is 1. The highest BCUT2D eigenvalue weighted by Gasteiger charge is 2.16. The maximum absolute atomic E-state index is 12.6. The molecule has 0 spiro atoms. The van der Waals surface area contributed by atoms with E-state index in [0.717, 1.165) is 19.3 Å². The Morgan fingerprint density at radius 2 is 2.00 bits per heavy atom. The van der Waals surface area contributed by atoms with Crippen molar-refractivity contribution in [2.75, 3.05) is 0 Å². The number of hydrogen-bond donors (Lipinski definition) is 1. The third-order valence-electron chi connectivity index (χ3n) is 4.62. The van der Waals surface area contributed by atoms with Gasteiger partial charge in [0.2, 0.25) is 0 Å². The van der Waals surface area contributed by atoms with Gasteiger partial charge in [0.15, 0.2) is 5.69 Å².